The van der Waals surface area contributed by atoms with Crippen LogP contribution in [0.15, 0.2) is 41.1 Å². The highest BCUT2D eigenvalue weighted by molar-refractivity contribution is 6.32. The summed E-state index contributed by atoms with van der Waals surface area (Å²) in [6, 6.07) is 11.1. The molecule has 0 aliphatic heterocycles. The Balaban J connectivity index is 1.58. The second-order valence-corrected chi connectivity index (χ2v) is 10.5. The van der Waals surface area contributed by atoms with E-state index in [1.54, 1.807) is 24.3 Å². The summed E-state index contributed by atoms with van der Waals surface area (Å²) in [4.78, 5) is 19.2. The predicted molar refractivity (Wildman–Crippen MR) is 164 cm³/mol. The predicted octanol–water partition coefficient (Wildman–Crippen LogP) is 6.41. The van der Waals surface area contributed by atoms with Crippen molar-refractivity contribution in [3.63, 3.8) is 0 Å². The third-order valence-electron chi connectivity index (χ3n) is 6.66. The fourth-order valence-electron chi connectivity index (χ4n) is 4.54. The van der Waals surface area contributed by atoms with Gasteiger partial charge in [0.15, 0.2) is 0 Å². The van der Waals surface area contributed by atoms with Crippen LogP contribution in [0.4, 0.5) is 17.1 Å². The number of hydrogen-bond acceptors (Lipinski definition) is 9. The van der Waals surface area contributed by atoms with Gasteiger partial charge in [0.25, 0.3) is 0 Å². The zero-order valence-corrected chi connectivity index (χ0v) is 25.3. The maximum atomic E-state index is 12.7. The minimum atomic E-state index is -0.118. The molecule has 2 aromatic heterocycles. The Bertz CT molecular complexity index is 1590. The van der Waals surface area contributed by atoms with Gasteiger partial charge in [-0.2, -0.15) is 5.26 Å². The van der Waals surface area contributed by atoms with Gasteiger partial charge in [0.1, 0.15) is 23.3 Å². The number of nitrogens with zero attached hydrogens (tertiary/aromatic N) is 4. The lowest BCUT2D eigenvalue weighted by atomic mass is 10.1. The number of amides is 1. The zero-order chi connectivity index (χ0) is 30.2. The van der Waals surface area contributed by atoms with E-state index in [0.29, 0.717) is 76.1 Å². The number of anilines is 3. The van der Waals surface area contributed by atoms with E-state index < -0.39 is 0 Å². The zero-order valence-electron chi connectivity index (χ0n) is 24.5. The molecule has 0 aliphatic carbocycles. The number of ether oxygens (including phenoxy) is 2. The molecule has 0 spiro atoms. The normalized spacial score (nSPS) is 11.0. The van der Waals surface area contributed by atoms with E-state index in [9.17, 15) is 10.1 Å². The largest absolute Gasteiger partial charge is 0.492 e. The van der Waals surface area contributed by atoms with Gasteiger partial charge >= 0.3 is 0 Å². The lowest BCUT2D eigenvalue weighted by molar-refractivity contribution is -0.116. The van der Waals surface area contributed by atoms with Gasteiger partial charge in [-0.05, 0) is 72.1 Å². The number of aromatic nitrogens is 2. The van der Waals surface area contributed by atoms with Gasteiger partial charge in [-0.15, -0.1) is 0 Å². The third-order valence-corrected chi connectivity index (χ3v) is 6.96. The molecule has 4 rings (SSSR count). The molecule has 42 heavy (non-hydrogen) atoms. The van der Waals surface area contributed by atoms with Crippen LogP contribution in [-0.2, 0) is 11.2 Å². The van der Waals surface area contributed by atoms with E-state index in [-0.39, 0.29) is 5.91 Å². The molecule has 1 amide bonds. The summed E-state index contributed by atoms with van der Waals surface area (Å²) in [6.07, 6.45) is 3.25. The van der Waals surface area contributed by atoms with Crippen molar-refractivity contribution in [3.05, 3.63) is 64.1 Å². The van der Waals surface area contributed by atoms with Gasteiger partial charge < -0.3 is 29.5 Å². The Labute approximate surface area is 250 Å². The maximum Gasteiger partial charge on any atom is 0.224 e. The first kappa shape index (κ1) is 30.6. The number of benzene rings is 2. The average molecular weight is 591 g/mol. The maximum absolute atomic E-state index is 12.7. The molecular weight excluding hydrogens is 556 g/mol. The van der Waals surface area contributed by atoms with Gasteiger partial charge in [-0.1, -0.05) is 16.8 Å². The van der Waals surface area contributed by atoms with Gasteiger partial charge in [-0.3, -0.25) is 9.78 Å². The number of fused-ring (bicyclic) bond motifs is 1. The van der Waals surface area contributed by atoms with Crippen molar-refractivity contribution in [2.75, 3.05) is 44.5 Å². The van der Waals surface area contributed by atoms with Gasteiger partial charge in [0.2, 0.25) is 5.91 Å². The van der Waals surface area contributed by atoms with Crippen LogP contribution in [-0.4, -0.2) is 54.8 Å². The first-order valence-electron chi connectivity index (χ1n) is 13.8. The molecule has 0 saturated carbocycles. The van der Waals surface area contributed by atoms with E-state index in [2.05, 4.69) is 26.8 Å². The van der Waals surface area contributed by atoms with Gasteiger partial charge in [-0.25, -0.2) is 0 Å². The molecule has 2 heterocycles. The Morgan fingerprint density at radius 1 is 1.17 bits per heavy atom. The molecule has 0 bridgehead atoms. The van der Waals surface area contributed by atoms with Crippen molar-refractivity contribution < 1.29 is 18.8 Å². The number of aryl methyl sites for hydroxylation is 2. The summed E-state index contributed by atoms with van der Waals surface area (Å²) in [5.41, 5.74) is 4.53. The van der Waals surface area contributed by atoms with Gasteiger partial charge in [0.05, 0.1) is 46.4 Å². The fourth-order valence-corrected chi connectivity index (χ4v) is 4.78. The van der Waals surface area contributed by atoms with Crippen LogP contribution in [0.1, 0.15) is 42.3 Å². The monoisotopic (exact) mass is 590 g/mol. The second-order valence-electron chi connectivity index (χ2n) is 10.1. The Morgan fingerprint density at radius 3 is 2.64 bits per heavy atom. The van der Waals surface area contributed by atoms with Gasteiger partial charge in [0, 0.05) is 41.7 Å². The molecular formula is C31H35ClN6O4. The summed E-state index contributed by atoms with van der Waals surface area (Å²) in [5, 5.41) is 21.2. The van der Waals surface area contributed by atoms with Crippen LogP contribution < -0.4 is 20.1 Å². The van der Waals surface area contributed by atoms with E-state index >= 15 is 0 Å². The van der Waals surface area contributed by atoms with Crippen molar-refractivity contribution in [2.24, 2.45) is 0 Å². The molecule has 2 aromatic carbocycles. The summed E-state index contributed by atoms with van der Waals surface area (Å²) in [7, 11) is 3.94. The third kappa shape index (κ3) is 7.49. The highest BCUT2D eigenvalue weighted by atomic mass is 35.5. The molecule has 0 unspecified atom stereocenters. The number of nitriles is 1. The second kappa shape index (κ2) is 14.0. The van der Waals surface area contributed by atoms with E-state index in [1.807, 2.05) is 45.8 Å². The number of hydrogen-bond donors (Lipinski definition) is 2. The Hall–Kier alpha value is -4.33. The molecule has 0 atom stereocenters. The van der Waals surface area contributed by atoms with Crippen LogP contribution in [0.25, 0.3) is 10.9 Å². The smallest absolute Gasteiger partial charge is 0.224 e. The molecule has 0 aliphatic rings. The summed E-state index contributed by atoms with van der Waals surface area (Å²) in [5.74, 6) is 1.71. The first-order chi connectivity index (χ1) is 20.2. The van der Waals surface area contributed by atoms with E-state index in [1.165, 1.54) is 6.20 Å². The fraction of sp³-hybridized carbons (Fsp3) is 0.355. The van der Waals surface area contributed by atoms with Crippen molar-refractivity contribution in [2.45, 2.75) is 40.0 Å². The van der Waals surface area contributed by atoms with Crippen LogP contribution in [0.3, 0.4) is 0 Å². The van der Waals surface area contributed by atoms with Crippen LogP contribution in [0.2, 0.25) is 5.02 Å². The number of nitrogens with one attached hydrogen (secondary N) is 2. The molecule has 0 radical (unpaired) electrons. The van der Waals surface area contributed by atoms with Crippen molar-refractivity contribution in [1.29, 1.82) is 5.26 Å². The quantitative estimate of drug-likeness (QED) is 0.182. The number of pyridine rings is 1. The lowest BCUT2D eigenvalue weighted by Gasteiger charge is -2.17. The number of carbonyl (C=O) groups excluding carboxylic acids is 1. The molecule has 10 nitrogen and oxygen atoms in total. The Kier molecular flexibility index (Phi) is 10.2. The first-order valence-corrected chi connectivity index (χ1v) is 14.1. The molecule has 0 saturated heterocycles. The minimum Gasteiger partial charge on any atom is -0.492 e. The summed E-state index contributed by atoms with van der Waals surface area (Å²) < 4.78 is 16.9. The van der Waals surface area contributed by atoms with Crippen molar-refractivity contribution in [1.82, 2.24) is 15.0 Å². The Morgan fingerprint density at radius 2 is 1.98 bits per heavy atom. The lowest BCUT2D eigenvalue weighted by Crippen LogP contribution is -2.17. The van der Waals surface area contributed by atoms with Crippen molar-refractivity contribution >= 4 is 45.5 Å². The van der Waals surface area contributed by atoms with E-state index in [4.69, 9.17) is 25.6 Å². The molecule has 2 N–H and O–H groups in total. The summed E-state index contributed by atoms with van der Waals surface area (Å²) >= 11 is 6.57. The number of carbonyl (C=O) groups is 1. The number of rotatable bonds is 13. The standard InChI is InChI=1S/C31H35ClN6O4/c1-6-40-29-16-26-24(15-27(29)36-30(39)8-7-12-38(4)5)31(21(17-33)18-34-26)35-22-9-10-28(25(32)14-22)41-13-11-23-19(2)37-42-20(23)3/h9-10,14-16,18H,6-8,11-13H2,1-5H3,(H,34,35)(H,36,39). The van der Waals surface area contributed by atoms with Crippen molar-refractivity contribution in [3.8, 4) is 17.6 Å². The topological polar surface area (TPSA) is 126 Å². The van der Waals surface area contributed by atoms with Crippen LogP contribution in [0, 0.1) is 25.2 Å². The minimum absolute atomic E-state index is 0.118. The molecule has 220 valence electrons. The highest BCUT2D eigenvalue weighted by Gasteiger charge is 2.17. The SMILES string of the molecule is CCOc1cc2ncc(C#N)c(Nc3ccc(OCCc4c(C)noc4C)c(Cl)c3)c2cc1NC(=O)CCCN(C)C. The van der Waals surface area contributed by atoms with E-state index in [0.717, 1.165) is 30.0 Å². The molecule has 0 fully saturated rings. The molecule has 4 aromatic rings. The highest BCUT2D eigenvalue weighted by Crippen LogP contribution is 2.37. The number of halogens is 1. The molecule has 11 heteroatoms. The average Bonchev–Trinajstić information content (AvgIpc) is 3.27. The van der Waals surface area contributed by atoms with Crippen LogP contribution in [0.5, 0.6) is 11.5 Å². The summed E-state index contributed by atoms with van der Waals surface area (Å²) in [6.45, 7) is 7.29. The van der Waals surface area contributed by atoms with Crippen LogP contribution >= 0.6 is 11.6 Å².